The first-order valence-electron chi connectivity index (χ1n) is 7.14. The van der Waals surface area contributed by atoms with Gasteiger partial charge in [0.1, 0.15) is 0 Å². The third-order valence-electron chi connectivity index (χ3n) is 3.30. The summed E-state index contributed by atoms with van der Waals surface area (Å²) in [7, 11) is 2.79. The van der Waals surface area contributed by atoms with Gasteiger partial charge in [-0.2, -0.15) is 0 Å². The summed E-state index contributed by atoms with van der Waals surface area (Å²) in [5.74, 6) is -0.859. The molecule has 0 spiro atoms. The van der Waals surface area contributed by atoms with Crippen LogP contribution in [-0.4, -0.2) is 31.0 Å². The zero-order chi connectivity index (χ0) is 19.3. The minimum Gasteiger partial charge on any atom is -0.493 e. The van der Waals surface area contributed by atoms with E-state index in [1.165, 1.54) is 44.6 Å². The highest BCUT2D eigenvalue weighted by atomic mass is 35.5. The monoisotopic (exact) mass is 379 g/mol. The van der Waals surface area contributed by atoms with Crippen LogP contribution < -0.4 is 20.3 Å². The molecule has 10 heteroatoms. The van der Waals surface area contributed by atoms with Gasteiger partial charge in [-0.05, 0) is 18.2 Å². The lowest BCUT2D eigenvalue weighted by Crippen LogP contribution is -2.41. The standard InChI is InChI=1S/C16H14ClN3O6/c1-25-13-8-10(7-12(17)14(13)26-2)16(22)19-18-15(21)9-4-3-5-11(6-9)20(23)24/h3-8H,1-2H3,(H,18,21)(H,19,22). The van der Waals surface area contributed by atoms with Crippen molar-refractivity contribution in [1.29, 1.82) is 0 Å². The minimum atomic E-state index is -0.714. The molecule has 9 nitrogen and oxygen atoms in total. The largest absolute Gasteiger partial charge is 0.493 e. The van der Waals surface area contributed by atoms with Crippen molar-refractivity contribution in [2.24, 2.45) is 0 Å². The number of halogens is 1. The molecule has 0 fully saturated rings. The number of ether oxygens (including phenoxy) is 2. The maximum atomic E-state index is 12.2. The Morgan fingerprint density at radius 1 is 1.04 bits per heavy atom. The number of non-ortho nitro benzene ring substituents is 1. The summed E-state index contributed by atoms with van der Waals surface area (Å²) in [6.07, 6.45) is 0. The molecule has 2 N–H and O–H groups in total. The molecule has 0 aliphatic carbocycles. The fourth-order valence-corrected chi connectivity index (χ4v) is 2.36. The quantitative estimate of drug-likeness (QED) is 0.607. The van der Waals surface area contributed by atoms with Crippen LogP contribution in [0.1, 0.15) is 20.7 Å². The van der Waals surface area contributed by atoms with E-state index in [0.717, 1.165) is 6.07 Å². The number of hydrazine groups is 1. The Balaban J connectivity index is 2.11. The van der Waals surface area contributed by atoms with E-state index in [9.17, 15) is 19.7 Å². The van der Waals surface area contributed by atoms with E-state index in [4.69, 9.17) is 21.1 Å². The highest BCUT2D eigenvalue weighted by Gasteiger charge is 2.16. The van der Waals surface area contributed by atoms with Gasteiger partial charge in [-0.15, -0.1) is 0 Å². The lowest BCUT2D eigenvalue weighted by molar-refractivity contribution is -0.384. The SMILES string of the molecule is COc1cc(C(=O)NNC(=O)c2cccc([N+](=O)[O-])c2)cc(Cl)c1OC. The van der Waals surface area contributed by atoms with Gasteiger partial charge in [0.25, 0.3) is 17.5 Å². The van der Waals surface area contributed by atoms with Crippen LogP contribution in [0.15, 0.2) is 36.4 Å². The van der Waals surface area contributed by atoms with E-state index in [1.807, 2.05) is 0 Å². The normalized spacial score (nSPS) is 9.96. The van der Waals surface area contributed by atoms with Crippen molar-refractivity contribution < 1.29 is 24.0 Å². The predicted molar refractivity (Wildman–Crippen MR) is 92.6 cm³/mol. The van der Waals surface area contributed by atoms with Gasteiger partial charge in [0.15, 0.2) is 11.5 Å². The Morgan fingerprint density at radius 3 is 2.27 bits per heavy atom. The molecule has 0 saturated heterocycles. The van der Waals surface area contributed by atoms with Gasteiger partial charge in [0.05, 0.1) is 24.2 Å². The van der Waals surface area contributed by atoms with Crippen LogP contribution in [0.3, 0.4) is 0 Å². The third-order valence-corrected chi connectivity index (χ3v) is 3.59. The molecule has 2 aromatic rings. The van der Waals surface area contributed by atoms with E-state index in [-0.39, 0.29) is 33.3 Å². The van der Waals surface area contributed by atoms with Crippen LogP contribution >= 0.6 is 11.6 Å². The summed E-state index contributed by atoms with van der Waals surface area (Å²) in [4.78, 5) is 34.3. The van der Waals surface area contributed by atoms with Gasteiger partial charge in [0, 0.05) is 23.3 Å². The van der Waals surface area contributed by atoms with E-state index in [0.29, 0.717) is 0 Å². The molecule has 136 valence electrons. The molecule has 0 aliphatic rings. The molecule has 0 aromatic heterocycles. The molecular formula is C16H14ClN3O6. The molecule has 0 unspecified atom stereocenters. The Bertz CT molecular complexity index is 871. The fraction of sp³-hybridized carbons (Fsp3) is 0.125. The van der Waals surface area contributed by atoms with Crippen LogP contribution in [0.4, 0.5) is 5.69 Å². The number of benzene rings is 2. The summed E-state index contributed by atoms with van der Waals surface area (Å²) in [5.41, 5.74) is 4.27. The van der Waals surface area contributed by atoms with Crippen molar-refractivity contribution in [3.05, 3.63) is 62.7 Å². The average Bonchev–Trinajstić information content (AvgIpc) is 2.64. The van der Waals surface area contributed by atoms with E-state index in [1.54, 1.807) is 0 Å². The number of carbonyl (C=O) groups is 2. The number of methoxy groups -OCH3 is 2. The molecule has 0 radical (unpaired) electrons. The molecular weight excluding hydrogens is 366 g/mol. The zero-order valence-electron chi connectivity index (χ0n) is 13.7. The average molecular weight is 380 g/mol. The number of nitrogens with one attached hydrogen (secondary N) is 2. The number of nitro benzene ring substituents is 1. The first-order valence-corrected chi connectivity index (χ1v) is 7.51. The molecule has 0 saturated carbocycles. The zero-order valence-corrected chi connectivity index (χ0v) is 14.5. The molecule has 2 rings (SSSR count). The number of hydrogen-bond donors (Lipinski definition) is 2. The third kappa shape index (κ3) is 4.19. The summed E-state index contributed by atoms with van der Waals surface area (Å²) in [5, 5.41) is 10.9. The van der Waals surface area contributed by atoms with Gasteiger partial charge < -0.3 is 9.47 Å². The highest BCUT2D eigenvalue weighted by Crippen LogP contribution is 2.35. The Kier molecular flexibility index (Phi) is 5.97. The predicted octanol–water partition coefficient (Wildman–Crippen LogP) is 2.34. The van der Waals surface area contributed by atoms with E-state index < -0.39 is 16.7 Å². The summed E-state index contributed by atoms with van der Waals surface area (Å²) < 4.78 is 10.2. The van der Waals surface area contributed by atoms with Crippen molar-refractivity contribution in [2.45, 2.75) is 0 Å². The van der Waals surface area contributed by atoms with Crippen molar-refractivity contribution in [2.75, 3.05) is 14.2 Å². The lowest BCUT2D eigenvalue weighted by Gasteiger charge is -2.12. The number of amides is 2. The second-order valence-corrected chi connectivity index (χ2v) is 5.32. The molecule has 0 aliphatic heterocycles. The fourth-order valence-electron chi connectivity index (χ4n) is 2.07. The molecule has 0 heterocycles. The Morgan fingerprint density at radius 2 is 1.69 bits per heavy atom. The number of nitro groups is 1. The van der Waals surface area contributed by atoms with Crippen LogP contribution in [0.25, 0.3) is 0 Å². The molecule has 0 atom stereocenters. The van der Waals surface area contributed by atoms with E-state index in [2.05, 4.69) is 10.9 Å². The first-order chi connectivity index (χ1) is 12.4. The van der Waals surface area contributed by atoms with Crippen LogP contribution in [0.2, 0.25) is 5.02 Å². The highest BCUT2D eigenvalue weighted by molar-refractivity contribution is 6.32. The maximum absolute atomic E-state index is 12.2. The number of hydrogen-bond acceptors (Lipinski definition) is 6. The van der Waals surface area contributed by atoms with Gasteiger partial charge in [0.2, 0.25) is 0 Å². The van der Waals surface area contributed by atoms with E-state index >= 15 is 0 Å². The van der Waals surface area contributed by atoms with Crippen LogP contribution in [0, 0.1) is 10.1 Å². The number of carbonyl (C=O) groups excluding carboxylic acids is 2. The Labute approximate surface area is 153 Å². The molecule has 0 bridgehead atoms. The second-order valence-electron chi connectivity index (χ2n) is 4.91. The minimum absolute atomic E-state index is 0.0184. The van der Waals surface area contributed by atoms with Crippen molar-refractivity contribution in [3.8, 4) is 11.5 Å². The second kappa shape index (κ2) is 8.17. The lowest BCUT2D eigenvalue weighted by atomic mass is 10.2. The first kappa shape index (κ1) is 19.0. The number of nitrogens with zero attached hydrogens (tertiary/aromatic N) is 1. The van der Waals surface area contributed by atoms with Crippen molar-refractivity contribution >= 4 is 29.1 Å². The smallest absolute Gasteiger partial charge is 0.270 e. The topological polar surface area (TPSA) is 120 Å². The molecule has 26 heavy (non-hydrogen) atoms. The van der Waals surface area contributed by atoms with Crippen LogP contribution in [0.5, 0.6) is 11.5 Å². The maximum Gasteiger partial charge on any atom is 0.270 e. The van der Waals surface area contributed by atoms with Gasteiger partial charge in [-0.1, -0.05) is 17.7 Å². The van der Waals surface area contributed by atoms with Crippen LogP contribution in [-0.2, 0) is 0 Å². The van der Waals surface area contributed by atoms with Gasteiger partial charge in [-0.3, -0.25) is 30.6 Å². The summed E-state index contributed by atoms with van der Waals surface area (Å²) in [6, 6.07) is 7.82. The number of rotatable bonds is 5. The molecule has 2 amide bonds. The molecule has 2 aromatic carbocycles. The van der Waals surface area contributed by atoms with Gasteiger partial charge in [-0.25, -0.2) is 0 Å². The van der Waals surface area contributed by atoms with Crippen molar-refractivity contribution in [1.82, 2.24) is 10.9 Å². The Hall–Kier alpha value is -3.33. The summed E-state index contributed by atoms with van der Waals surface area (Å²) >= 11 is 6.03. The van der Waals surface area contributed by atoms with Gasteiger partial charge >= 0.3 is 0 Å². The summed E-state index contributed by atoms with van der Waals surface area (Å²) in [6.45, 7) is 0. The van der Waals surface area contributed by atoms with Crippen molar-refractivity contribution in [3.63, 3.8) is 0 Å².